The minimum absolute atomic E-state index is 0.180. The van der Waals surface area contributed by atoms with E-state index in [2.05, 4.69) is 10.4 Å². The van der Waals surface area contributed by atoms with Crippen LogP contribution >= 0.6 is 11.6 Å². The van der Waals surface area contributed by atoms with E-state index in [1.54, 1.807) is 19.2 Å². The molecule has 100 valence electrons. The van der Waals surface area contributed by atoms with Gasteiger partial charge in [0, 0.05) is 12.7 Å². The Bertz CT molecular complexity index is 676. The fourth-order valence-corrected chi connectivity index (χ4v) is 1.72. The molecule has 2 aromatic rings. The number of benzene rings is 1. The van der Waals surface area contributed by atoms with Crippen molar-refractivity contribution in [2.24, 2.45) is 7.05 Å². The second kappa shape index (κ2) is 5.15. The zero-order chi connectivity index (χ0) is 14.0. The van der Waals surface area contributed by atoms with Gasteiger partial charge in [-0.05, 0) is 18.2 Å². The number of nitrogen functional groups attached to an aromatic ring is 1. The monoisotopic (exact) mass is 281 g/mol. The molecule has 0 atom stereocenters. The van der Waals surface area contributed by atoms with E-state index in [0.29, 0.717) is 16.4 Å². The molecule has 3 N–H and O–H groups in total. The topological polar surface area (TPSA) is 94.9 Å². The van der Waals surface area contributed by atoms with Crippen LogP contribution in [0.5, 0.6) is 0 Å². The highest BCUT2D eigenvalue weighted by Crippen LogP contribution is 2.23. The number of rotatable bonds is 3. The van der Waals surface area contributed by atoms with Gasteiger partial charge in [0.1, 0.15) is 12.9 Å². The number of carbonyl (C=O) groups excluding carboxylic acids is 1. The van der Waals surface area contributed by atoms with Gasteiger partial charge in [-0.3, -0.25) is 9.36 Å². The molecule has 0 aliphatic rings. The smallest absolute Gasteiger partial charge is 0.345 e. The maximum Gasteiger partial charge on any atom is 0.345 e. The molecule has 7 nitrogen and oxygen atoms in total. The van der Waals surface area contributed by atoms with E-state index in [0.717, 1.165) is 4.68 Å². The van der Waals surface area contributed by atoms with Crippen molar-refractivity contribution in [2.45, 2.75) is 6.54 Å². The van der Waals surface area contributed by atoms with E-state index in [1.165, 1.54) is 17.0 Å². The molecule has 0 bridgehead atoms. The molecule has 1 aromatic carbocycles. The molecule has 1 aromatic heterocycles. The summed E-state index contributed by atoms with van der Waals surface area (Å²) in [6, 6.07) is 4.75. The van der Waals surface area contributed by atoms with E-state index in [4.69, 9.17) is 17.3 Å². The maximum atomic E-state index is 11.8. The lowest BCUT2D eigenvalue weighted by Gasteiger charge is -2.07. The molecule has 0 spiro atoms. The Kier molecular flexibility index (Phi) is 3.57. The number of nitrogens with two attached hydrogens (primary N) is 1. The van der Waals surface area contributed by atoms with E-state index >= 15 is 0 Å². The first-order chi connectivity index (χ1) is 8.97. The average Bonchev–Trinajstić information content (AvgIpc) is 2.65. The molecule has 8 heteroatoms. The molecule has 1 amide bonds. The number of aryl methyl sites for hydroxylation is 1. The molecule has 0 fully saturated rings. The Labute approximate surface area is 113 Å². The van der Waals surface area contributed by atoms with Gasteiger partial charge in [0.15, 0.2) is 0 Å². The number of aromatic nitrogens is 3. The lowest BCUT2D eigenvalue weighted by atomic mass is 10.3. The van der Waals surface area contributed by atoms with Crippen LogP contribution in [-0.2, 0) is 18.4 Å². The predicted molar refractivity (Wildman–Crippen MR) is 72.0 cm³/mol. The summed E-state index contributed by atoms with van der Waals surface area (Å²) in [6.07, 6.45) is 1.34. The van der Waals surface area contributed by atoms with Crippen molar-refractivity contribution in [1.82, 2.24) is 14.3 Å². The van der Waals surface area contributed by atoms with Crippen LogP contribution in [0, 0.1) is 0 Å². The van der Waals surface area contributed by atoms with Crippen molar-refractivity contribution in [3.05, 3.63) is 40.0 Å². The van der Waals surface area contributed by atoms with Crippen LogP contribution in [0.2, 0.25) is 5.02 Å². The highest BCUT2D eigenvalue weighted by atomic mass is 35.5. The number of halogens is 1. The van der Waals surface area contributed by atoms with Crippen LogP contribution in [-0.4, -0.2) is 20.3 Å². The number of hydrogen-bond donors (Lipinski definition) is 2. The number of anilines is 2. The van der Waals surface area contributed by atoms with Crippen LogP contribution in [0.25, 0.3) is 0 Å². The summed E-state index contributed by atoms with van der Waals surface area (Å²) in [6.45, 7) is -0.180. The summed E-state index contributed by atoms with van der Waals surface area (Å²) >= 11 is 5.93. The van der Waals surface area contributed by atoms with E-state index in [9.17, 15) is 9.59 Å². The Morgan fingerprint density at radius 2 is 2.26 bits per heavy atom. The van der Waals surface area contributed by atoms with Crippen LogP contribution in [0.4, 0.5) is 11.4 Å². The second-order valence-electron chi connectivity index (χ2n) is 3.97. The average molecular weight is 282 g/mol. The Morgan fingerprint density at radius 1 is 1.53 bits per heavy atom. The van der Waals surface area contributed by atoms with Gasteiger partial charge in [0.25, 0.3) is 0 Å². The molecule has 19 heavy (non-hydrogen) atoms. The summed E-state index contributed by atoms with van der Waals surface area (Å²) in [7, 11) is 1.56. The van der Waals surface area contributed by atoms with Gasteiger partial charge in [-0.2, -0.15) is 5.10 Å². The van der Waals surface area contributed by atoms with Crippen LogP contribution < -0.4 is 16.7 Å². The van der Waals surface area contributed by atoms with Gasteiger partial charge in [-0.15, -0.1) is 0 Å². The summed E-state index contributed by atoms with van der Waals surface area (Å²) in [5.41, 5.74) is 6.13. The van der Waals surface area contributed by atoms with Crippen molar-refractivity contribution in [3.8, 4) is 0 Å². The molecule has 0 aliphatic heterocycles. The highest BCUT2D eigenvalue weighted by molar-refractivity contribution is 6.34. The van der Waals surface area contributed by atoms with Crippen LogP contribution in [0.15, 0.2) is 29.3 Å². The molecule has 2 rings (SSSR count). The molecule has 0 radical (unpaired) electrons. The molecule has 0 unspecified atom stereocenters. The standard InChI is InChI=1S/C11H12ClN5O2/c1-16-6-14-17(11(16)19)5-10(18)15-9-3-2-7(13)4-8(9)12/h2-4,6H,5,13H2,1H3,(H,15,18). The zero-order valence-corrected chi connectivity index (χ0v) is 10.9. The van der Waals surface area contributed by atoms with Crippen molar-refractivity contribution >= 4 is 28.9 Å². The van der Waals surface area contributed by atoms with Crippen LogP contribution in [0.1, 0.15) is 0 Å². The third-order valence-electron chi connectivity index (χ3n) is 2.45. The van der Waals surface area contributed by atoms with Crippen LogP contribution in [0.3, 0.4) is 0 Å². The fraction of sp³-hybridized carbons (Fsp3) is 0.182. The van der Waals surface area contributed by atoms with Crippen molar-refractivity contribution < 1.29 is 4.79 Å². The SMILES string of the molecule is Cn1cnn(CC(=O)Nc2ccc(N)cc2Cl)c1=O. The maximum absolute atomic E-state index is 11.8. The number of nitrogens with one attached hydrogen (secondary N) is 1. The lowest BCUT2D eigenvalue weighted by molar-refractivity contribution is -0.117. The normalized spacial score (nSPS) is 10.4. The fourth-order valence-electron chi connectivity index (χ4n) is 1.49. The second-order valence-corrected chi connectivity index (χ2v) is 4.38. The lowest BCUT2D eigenvalue weighted by Crippen LogP contribution is -2.29. The number of nitrogens with zero attached hydrogens (tertiary/aromatic N) is 3. The van der Waals surface area contributed by atoms with E-state index < -0.39 is 5.91 Å². The van der Waals surface area contributed by atoms with Crippen molar-refractivity contribution in [1.29, 1.82) is 0 Å². The van der Waals surface area contributed by atoms with Crippen molar-refractivity contribution in [2.75, 3.05) is 11.1 Å². The van der Waals surface area contributed by atoms with Gasteiger partial charge < -0.3 is 11.1 Å². The number of carbonyl (C=O) groups is 1. The molecule has 0 saturated heterocycles. The minimum atomic E-state index is -0.396. The summed E-state index contributed by atoms with van der Waals surface area (Å²) < 4.78 is 2.34. The van der Waals surface area contributed by atoms with Gasteiger partial charge in [0.05, 0.1) is 10.7 Å². The third kappa shape index (κ3) is 2.94. The first-order valence-electron chi connectivity index (χ1n) is 5.40. The summed E-state index contributed by atoms with van der Waals surface area (Å²) in [4.78, 5) is 23.3. The van der Waals surface area contributed by atoms with E-state index in [-0.39, 0.29) is 12.2 Å². The Balaban J connectivity index is 2.09. The van der Waals surface area contributed by atoms with Gasteiger partial charge in [-0.25, -0.2) is 9.48 Å². The first kappa shape index (κ1) is 13.2. The predicted octanol–water partition coefficient (Wildman–Crippen LogP) is 0.456. The highest BCUT2D eigenvalue weighted by Gasteiger charge is 2.10. The summed E-state index contributed by atoms with van der Waals surface area (Å²) in [5, 5.41) is 6.71. The zero-order valence-electron chi connectivity index (χ0n) is 10.1. The Morgan fingerprint density at radius 3 is 2.84 bits per heavy atom. The van der Waals surface area contributed by atoms with Crippen molar-refractivity contribution in [3.63, 3.8) is 0 Å². The molecule has 0 saturated carbocycles. The number of amides is 1. The minimum Gasteiger partial charge on any atom is -0.399 e. The first-order valence-corrected chi connectivity index (χ1v) is 5.78. The van der Waals surface area contributed by atoms with E-state index in [1.807, 2.05) is 0 Å². The van der Waals surface area contributed by atoms with Gasteiger partial charge >= 0.3 is 5.69 Å². The molecule has 0 aliphatic carbocycles. The third-order valence-corrected chi connectivity index (χ3v) is 2.76. The number of hydrogen-bond acceptors (Lipinski definition) is 4. The molecular weight excluding hydrogens is 270 g/mol. The quantitative estimate of drug-likeness (QED) is 0.799. The molecular formula is C11H12ClN5O2. The molecule has 1 heterocycles. The largest absolute Gasteiger partial charge is 0.399 e. The Hall–Kier alpha value is -2.28. The summed E-state index contributed by atoms with van der Waals surface area (Å²) in [5.74, 6) is -0.396. The van der Waals surface area contributed by atoms with Gasteiger partial charge in [-0.1, -0.05) is 11.6 Å². The van der Waals surface area contributed by atoms with Gasteiger partial charge in [0.2, 0.25) is 5.91 Å².